The quantitative estimate of drug-likeness (QED) is 0.698. The predicted molar refractivity (Wildman–Crippen MR) is 77.8 cm³/mol. The first-order chi connectivity index (χ1) is 10.7. The van der Waals surface area contributed by atoms with Crippen molar-refractivity contribution in [3.63, 3.8) is 0 Å². The molecule has 0 spiro atoms. The van der Waals surface area contributed by atoms with Crippen LogP contribution in [-0.2, 0) is 9.53 Å². The molecule has 0 bridgehead atoms. The van der Waals surface area contributed by atoms with E-state index in [0.717, 1.165) is 0 Å². The highest BCUT2D eigenvalue weighted by molar-refractivity contribution is 5.39. The van der Waals surface area contributed by atoms with Crippen LogP contribution >= 0.6 is 0 Å². The van der Waals surface area contributed by atoms with Gasteiger partial charge in [0, 0.05) is 0 Å². The Morgan fingerprint density at radius 1 is 0.727 bits per heavy atom. The number of rotatable bonds is 8. The third kappa shape index (κ3) is 4.31. The Bertz CT molecular complexity index is 529. The summed E-state index contributed by atoms with van der Waals surface area (Å²) in [6, 6.07) is 13.5. The molecule has 1 radical (unpaired) electrons. The molecule has 0 aliphatic rings. The summed E-state index contributed by atoms with van der Waals surface area (Å²) in [5, 5.41) is 0. The summed E-state index contributed by atoms with van der Waals surface area (Å²) in [5.41, 5.74) is 0. The molecule has 6 nitrogen and oxygen atoms in total. The van der Waals surface area contributed by atoms with Crippen LogP contribution in [0.2, 0.25) is 0 Å². The molecule has 0 fully saturated rings. The summed E-state index contributed by atoms with van der Waals surface area (Å²) in [5.74, 6) is 2.27. The maximum absolute atomic E-state index is 10.4. The molecular weight excluding hydrogens is 288 g/mol. The molecule has 115 valence electrons. The van der Waals surface area contributed by atoms with Crippen LogP contribution in [0.25, 0.3) is 0 Å². The fraction of sp³-hybridized carbons (Fsp3) is 0.188. The number of ether oxygens (including phenoxy) is 5. The van der Waals surface area contributed by atoms with Crippen molar-refractivity contribution in [2.45, 2.75) is 6.48 Å². The number of benzene rings is 2. The lowest BCUT2D eigenvalue weighted by Gasteiger charge is -2.17. The van der Waals surface area contributed by atoms with Gasteiger partial charge in [0.25, 0.3) is 0 Å². The van der Waals surface area contributed by atoms with Gasteiger partial charge in [0.15, 0.2) is 0 Å². The zero-order valence-corrected chi connectivity index (χ0v) is 12.1. The fourth-order valence-electron chi connectivity index (χ4n) is 1.64. The minimum atomic E-state index is -1.25. The monoisotopic (exact) mass is 303 g/mol. The van der Waals surface area contributed by atoms with E-state index in [1.165, 1.54) is 6.47 Å². The van der Waals surface area contributed by atoms with E-state index in [0.29, 0.717) is 23.0 Å². The Balaban J connectivity index is 2.02. The Hall–Kier alpha value is -2.89. The average Bonchev–Trinajstić information content (AvgIpc) is 2.56. The van der Waals surface area contributed by atoms with Crippen LogP contribution in [0.4, 0.5) is 0 Å². The van der Waals surface area contributed by atoms with E-state index >= 15 is 0 Å². The number of hydrogen-bond donors (Lipinski definition) is 0. The number of carbonyl (C=O) groups excluding carboxylic acids is 1. The van der Waals surface area contributed by atoms with Crippen molar-refractivity contribution in [1.29, 1.82) is 0 Å². The van der Waals surface area contributed by atoms with Gasteiger partial charge < -0.3 is 23.7 Å². The van der Waals surface area contributed by atoms with Crippen molar-refractivity contribution in [3.05, 3.63) is 48.5 Å². The Morgan fingerprint density at radius 2 is 1.09 bits per heavy atom. The van der Waals surface area contributed by atoms with Crippen LogP contribution < -0.4 is 18.9 Å². The minimum Gasteiger partial charge on any atom is -0.497 e. The first-order valence-electron chi connectivity index (χ1n) is 6.39. The van der Waals surface area contributed by atoms with Gasteiger partial charge in [0.05, 0.1) is 14.2 Å². The second kappa shape index (κ2) is 7.78. The molecule has 2 aromatic carbocycles. The summed E-state index contributed by atoms with van der Waals surface area (Å²) in [6.07, 6.45) is 0. The maximum Gasteiger partial charge on any atom is 0.423 e. The molecule has 0 saturated heterocycles. The standard InChI is InChI=1S/C16H15O6/c1-18-12-3-7-14(8-4-12)21-16(20-11-17)22-15-9-5-13(19-2)6-10-15/h3-10,16H,1-2H3. The molecule has 0 unspecified atom stereocenters. The Labute approximate surface area is 128 Å². The fourth-order valence-corrected chi connectivity index (χ4v) is 1.64. The highest BCUT2D eigenvalue weighted by Gasteiger charge is 2.14. The molecule has 2 rings (SSSR count). The molecule has 0 atom stereocenters. The molecule has 0 aliphatic carbocycles. The largest absolute Gasteiger partial charge is 0.497 e. The second-order valence-corrected chi connectivity index (χ2v) is 4.08. The first-order valence-corrected chi connectivity index (χ1v) is 6.39. The second-order valence-electron chi connectivity index (χ2n) is 4.08. The van der Waals surface area contributed by atoms with Gasteiger partial charge in [-0.25, -0.2) is 4.79 Å². The topological polar surface area (TPSA) is 63.2 Å². The third-order valence-corrected chi connectivity index (χ3v) is 2.73. The summed E-state index contributed by atoms with van der Waals surface area (Å²) >= 11 is 0. The van der Waals surface area contributed by atoms with Gasteiger partial charge in [-0.2, -0.15) is 0 Å². The number of methoxy groups -OCH3 is 2. The van der Waals surface area contributed by atoms with E-state index in [4.69, 9.17) is 18.9 Å². The van der Waals surface area contributed by atoms with Gasteiger partial charge in [0.2, 0.25) is 0 Å². The van der Waals surface area contributed by atoms with E-state index < -0.39 is 6.48 Å². The number of hydrogen-bond acceptors (Lipinski definition) is 6. The average molecular weight is 303 g/mol. The van der Waals surface area contributed by atoms with E-state index in [9.17, 15) is 4.79 Å². The third-order valence-electron chi connectivity index (χ3n) is 2.73. The Morgan fingerprint density at radius 3 is 1.41 bits per heavy atom. The highest BCUT2D eigenvalue weighted by Crippen LogP contribution is 2.21. The van der Waals surface area contributed by atoms with Gasteiger partial charge in [-0.15, -0.1) is 0 Å². The van der Waals surface area contributed by atoms with Gasteiger partial charge in [-0.1, -0.05) is 0 Å². The van der Waals surface area contributed by atoms with Crippen LogP contribution in [-0.4, -0.2) is 27.2 Å². The van der Waals surface area contributed by atoms with Crippen molar-refractivity contribution in [3.8, 4) is 23.0 Å². The molecule has 6 heteroatoms. The van der Waals surface area contributed by atoms with Crippen molar-refractivity contribution in [1.82, 2.24) is 0 Å². The molecule has 22 heavy (non-hydrogen) atoms. The summed E-state index contributed by atoms with van der Waals surface area (Å²) < 4.78 is 25.6. The van der Waals surface area contributed by atoms with Gasteiger partial charge >= 0.3 is 12.9 Å². The lowest BCUT2D eigenvalue weighted by molar-refractivity contribution is -0.149. The van der Waals surface area contributed by atoms with Crippen LogP contribution in [0.5, 0.6) is 23.0 Å². The van der Waals surface area contributed by atoms with Gasteiger partial charge in [-0.3, -0.25) is 0 Å². The molecule has 0 aliphatic heterocycles. The molecule has 0 amide bonds. The van der Waals surface area contributed by atoms with Crippen molar-refractivity contribution >= 4 is 6.47 Å². The molecule has 0 saturated carbocycles. The lowest BCUT2D eigenvalue weighted by Crippen LogP contribution is -2.26. The minimum absolute atomic E-state index is 0.453. The molecule has 2 aromatic rings. The maximum atomic E-state index is 10.4. The summed E-state index contributed by atoms with van der Waals surface area (Å²) in [7, 11) is 3.13. The van der Waals surface area contributed by atoms with E-state index in [1.807, 2.05) is 0 Å². The SMILES string of the molecule is COc1ccc(OC(O[C]=O)Oc2ccc(OC)cc2)cc1. The zero-order valence-electron chi connectivity index (χ0n) is 12.1. The van der Waals surface area contributed by atoms with Crippen molar-refractivity contribution in [2.24, 2.45) is 0 Å². The zero-order chi connectivity index (χ0) is 15.8. The molecule has 0 heterocycles. The first kappa shape index (κ1) is 15.5. The van der Waals surface area contributed by atoms with Crippen LogP contribution in [0.1, 0.15) is 0 Å². The van der Waals surface area contributed by atoms with Crippen molar-refractivity contribution < 1.29 is 28.5 Å². The predicted octanol–water partition coefficient (Wildman–Crippen LogP) is 2.53. The van der Waals surface area contributed by atoms with E-state index in [1.54, 1.807) is 62.8 Å². The normalized spacial score (nSPS) is 9.95. The lowest BCUT2D eigenvalue weighted by atomic mass is 10.3. The molecular formula is C16H15O6. The van der Waals surface area contributed by atoms with Crippen molar-refractivity contribution in [2.75, 3.05) is 14.2 Å². The molecule has 0 aromatic heterocycles. The van der Waals surface area contributed by atoms with Gasteiger partial charge in [-0.05, 0) is 48.5 Å². The Kier molecular flexibility index (Phi) is 5.48. The van der Waals surface area contributed by atoms with E-state index in [2.05, 4.69) is 4.74 Å². The van der Waals surface area contributed by atoms with Gasteiger partial charge in [0.1, 0.15) is 23.0 Å². The summed E-state index contributed by atoms with van der Waals surface area (Å²) in [6.45, 7) is 0.0534. The van der Waals surface area contributed by atoms with Crippen LogP contribution in [0, 0.1) is 0 Å². The molecule has 0 N–H and O–H groups in total. The highest BCUT2D eigenvalue weighted by atomic mass is 16.8. The smallest absolute Gasteiger partial charge is 0.423 e. The van der Waals surface area contributed by atoms with Crippen LogP contribution in [0.3, 0.4) is 0 Å². The summed E-state index contributed by atoms with van der Waals surface area (Å²) in [4.78, 5) is 10.4. The van der Waals surface area contributed by atoms with Crippen LogP contribution in [0.15, 0.2) is 48.5 Å². The van der Waals surface area contributed by atoms with E-state index in [-0.39, 0.29) is 0 Å².